The molecule has 0 aliphatic carbocycles. The lowest BCUT2D eigenvalue weighted by Crippen LogP contribution is -2.35. The first-order chi connectivity index (χ1) is 26.8. The van der Waals surface area contributed by atoms with Gasteiger partial charge in [-0.25, -0.2) is 0 Å². The topological polar surface area (TPSA) is 0 Å². The maximum Gasteiger partial charge on any atom is 0.117 e. The summed E-state index contributed by atoms with van der Waals surface area (Å²) >= 11 is 27.0. The molecule has 7 rings (SSSR count). The molecule has 0 spiro atoms. The van der Waals surface area contributed by atoms with Crippen LogP contribution in [0.4, 0.5) is 0 Å². The first kappa shape index (κ1) is 56.1. The van der Waals surface area contributed by atoms with Crippen LogP contribution < -0.4 is 0 Å². The second-order valence-electron chi connectivity index (χ2n) is 24.7. The lowest BCUT2D eigenvalue weighted by atomic mass is 10.1. The summed E-state index contributed by atoms with van der Waals surface area (Å²) in [5.74, 6) is 0. The van der Waals surface area contributed by atoms with Gasteiger partial charge in [-0.1, -0.05) is 81.0 Å². The van der Waals surface area contributed by atoms with Crippen LogP contribution in [0.3, 0.4) is 0 Å². The summed E-state index contributed by atoms with van der Waals surface area (Å²) in [4.78, 5) is 0. The highest BCUT2D eigenvalue weighted by Crippen LogP contribution is 2.89. The van der Waals surface area contributed by atoms with Crippen molar-refractivity contribution in [3.8, 4) is 0 Å². The molecule has 0 aromatic rings. The van der Waals surface area contributed by atoms with E-state index >= 15 is 0 Å². The average Bonchev–Trinajstić information content (AvgIpc) is 3.92. The van der Waals surface area contributed by atoms with E-state index < -0.39 is 31.5 Å². The summed E-state index contributed by atoms with van der Waals surface area (Å²) in [6.45, 7) is 33.7. The average molecular weight is 1040 g/mol. The summed E-state index contributed by atoms with van der Waals surface area (Å²) in [6, 6.07) is -1.68. The molecule has 0 bridgehead atoms. The molecule has 0 saturated carbocycles. The molecule has 12 heteroatoms. The Bertz CT molecular complexity index is 1380. The maximum absolute atomic E-state index is 5.86. The van der Waals surface area contributed by atoms with Gasteiger partial charge in [0, 0.05) is 42.4 Å². The molecule has 0 N–H and O–H groups in total. The quantitative estimate of drug-likeness (QED) is 0.190. The van der Waals surface area contributed by atoms with Gasteiger partial charge in [-0.2, -0.15) is 0 Å². The maximum atomic E-state index is 5.86. The Morgan fingerprint density at radius 3 is 1.17 bits per heavy atom. The first-order valence-corrected chi connectivity index (χ1v) is 44.6. The van der Waals surface area contributed by atoms with Gasteiger partial charge in [0.2, 0.25) is 0 Å². The molecule has 0 amide bonds. The van der Waals surface area contributed by atoms with E-state index in [0.29, 0.717) is 20.6 Å². The fraction of sp³-hybridized carbons (Fsp3) is 1.00. The molecular weight excluding hydrogens is 942 g/mol. The second-order valence-corrected chi connectivity index (χ2v) is 62.4. The van der Waals surface area contributed by atoms with E-state index in [1.165, 1.54) is 114 Å². The number of thiol groups is 3. The Balaban J connectivity index is 0.000000182. The van der Waals surface area contributed by atoms with Crippen LogP contribution in [0.25, 0.3) is 0 Å². The molecule has 59 heavy (non-hydrogen) atoms. The lowest BCUT2D eigenvalue weighted by molar-refractivity contribution is 0.669. The zero-order valence-electron chi connectivity index (χ0n) is 41.3. The van der Waals surface area contributed by atoms with E-state index in [4.69, 9.17) is 60.4 Å². The molecule has 0 radical (unpaired) electrons. The van der Waals surface area contributed by atoms with Crippen molar-refractivity contribution in [3.63, 3.8) is 0 Å². The van der Waals surface area contributed by atoms with Crippen LogP contribution in [-0.4, -0.2) is 124 Å². The van der Waals surface area contributed by atoms with Gasteiger partial charge in [0.05, 0.1) is 60.5 Å². The van der Waals surface area contributed by atoms with Crippen molar-refractivity contribution in [1.29, 1.82) is 0 Å². The van der Waals surface area contributed by atoms with E-state index in [9.17, 15) is 0 Å². The number of rotatable bonds is 3. The summed E-state index contributed by atoms with van der Waals surface area (Å²) in [7, 11) is 0.564. The minimum atomic E-state index is -1.14. The minimum Gasteiger partial charge on any atom is -0.0978 e. The van der Waals surface area contributed by atoms with E-state index in [0.717, 1.165) is 34.0 Å². The van der Waals surface area contributed by atoms with Crippen molar-refractivity contribution < 1.29 is 0 Å². The monoisotopic (exact) mass is 1040 g/mol. The van der Waals surface area contributed by atoms with Gasteiger partial charge in [-0.15, -0.1) is 0 Å². The van der Waals surface area contributed by atoms with Gasteiger partial charge in [-0.3, -0.25) is 0 Å². The molecule has 3 unspecified atom stereocenters. The number of hydrogen-bond donors (Lipinski definition) is 3. The van der Waals surface area contributed by atoms with Crippen LogP contribution in [0.2, 0.25) is 0 Å². The van der Waals surface area contributed by atoms with Crippen molar-refractivity contribution in [2.45, 2.75) is 228 Å². The van der Waals surface area contributed by atoms with Gasteiger partial charge in [0.1, 0.15) is 11.3 Å². The van der Waals surface area contributed by atoms with Crippen molar-refractivity contribution in [1.82, 2.24) is 0 Å². The molecule has 12 atom stereocenters. The molecule has 0 aromatic carbocycles. The van der Waals surface area contributed by atoms with E-state index in [2.05, 4.69) is 103 Å². The zero-order valence-corrected chi connectivity index (χ0v) is 51.9. The van der Waals surface area contributed by atoms with Crippen LogP contribution in [0.15, 0.2) is 0 Å². The highest BCUT2D eigenvalue weighted by Gasteiger charge is 2.68. The van der Waals surface area contributed by atoms with E-state index in [1.807, 2.05) is 0 Å². The Kier molecular flexibility index (Phi) is 20.6. The Morgan fingerprint density at radius 2 is 0.881 bits per heavy atom. The van der Waals surface area contributed by atoms with Gasteiger partial charge in [0.25, 0.3) is 0 Å². The molecule has 7 aliphatic rings. The van der Waals surface area contributed by atoms with E-state index in [1.54, 1.807) is 25.2 Å². The Morgan fingerprint density at radius 1 is 0.492 bits per heavy atom. The highest BCUT2D eigenvalue weighted by atomic mass is 32.7. The van der Waals surface area contributed by atoms with Crippen molar-refractivity contribution in [3.05, 3.63) is 0 Å². The smallest absolute Gasteiger partial charge is 0.0978 e. The Hall–Kier alpha value is 4.50. The van der Waals surface area contributed by atoms with Crippen LogP contribution in [0.1, 0.15) is 173 Å². The summed E-state index contributed by atoms with van der Waals surface area (Å²) in [6.07, 6.45) is 31.8. The summed E-state index contributed by atoms with van der Waals surface area (Å²) in [5.41, 5.74) is 5.86. The SMILES string of the molecule is CC(C)(C)[P+]1(S)CCC[C@@H]1[C@H]1CCC[P+]1(S)C(C)(C)C.CC(C)(C)[P@@]1CCC[C@@H]1[C@H]1CCC[P@]1C(C)(C)C.CP1(=S)CCCC1.C[P@@]1(=S)CCC[C@@H]1[C@H]1CCC[P+]1(C)S. The summed E-state index contributed by atoms with van der Waals surface area (Å²) < 4.78 is 0. The molecular formula is C47H98P7S5+3. The van der Waals surface area contributed by atoms with Crippen LogP contribution >= 0.6 is 84.1 Å². The van der Waals surface area contributed by atoms with Gasteiger partial charge in [-0.05, 0) is 209 Å². The number of hydrogen-bond acceptors (Lipinski definition) is 5. The predicted molar refractivity (Wildman–Crippen MR) is 313 cm³/mol. The molecule has 7 fully saturated rings. The van der Waals surface area contributed by atoms with Gasteiger partial charge >= 0.3 is 0 Å². The first-order valence-electron chi connectivity index (χ1n) is 24.2. The third kappa shape index (κ3) is 14.1. The molecule has 7 heterocycles. The van der Waals surface area contributed by atoms with Crippen LogP contribution in [0.5, 0.6) is 0 Å². The highest BCUT2D eigenvalue weighted by molar-refractivity contribution is 8.55. The fourth-order valence-electron chi connectivity index (χ4n) is 12.8. The van der Waals surface area contributed by atoms with Crippen molar-refractivity contribution in [2.24, 2.45) is 0 Å². The Labute approximate surface area is 401 Å². The van der Waals surface area contributed by atoms with E-state index in [-0.39, 0.29) is 15.8 Å². The predicted octanol–water partition coefficient (Wildman–Crippen LogP) is 18.3. The molecule has 0 nitrogen and oxygen atoms in total. The van der Waals surface area contributed by atoms with Gasteiger partial charge < -0.3 is 0 Å². The molecule has 348 valence electrons. The molecule has 0 aromatic heterocycles. The minimum absolute atomic E-state index is 0.282. The lowest BCUT2D eigenvalue weighted by Gasteiger charge is -2.42. The fourth-order valence-corrected chi connectivity index (χ4v) is 46.4. The summed E-state index contributed by atoms with van der Waals surface area (Å²) in [5, 5.41) is 1.99. The molecule has 7 aliphatic heterocycles. The second kappa shape index (κ2) is 21.6. The van der Waals surface area contributed by atoms with Crippen LogP contribution in [-0.2, 0) is 23.6 Å². The zero-order chi connectivity index (χ0) is 44.7. The molecule has 7 saturated heterocycles. The van der Waals surface area contributed by atoms with Crippen LogP contribution in [0, 0.1) is 0 Å². The van der Waals surface area contributed by atoms with Crippen molar-refractivity contribution in [2.75, 3.05) is 69.3 Å². The normalized spacial score (nSPS) is 42.5. The van der Waals surface area contributed by atoms with Crippen molar-refractivity contribution >= 4 is 108 Å². The van der Waals surface area contributed by atoms with Gasteiger partial charge in [0.15, 0.2) is 0 Å². The third-order valence-corrected chi connectivity index (χ3v) is 54.4. The standard InChI is InChI=1S/C16H34P2S2.C16H32P2.C10H21P2S2.C5H11PS/c1-15(2,3)17(19)11-7-9-13(17)14-10-8-12-18(14,20)16(4,5)6;1-15(2,3)17-11-7-9-13(17)14-10-8-12-18(14)16(4,5)6;1-11(13)7-3-5-9(11)10-6-4-8-12(10,2)14;1-6(7)4-2-3-5-6/h13-14,19-20H,7-12H2,1-6H3;13-14H,7-12H2,1-6H3;9-10,13H,3-8H2,1-2H3;2-5H2,1H3/q+2;;+1;/t13-,14-,17?,18?;13-,14-,17+,18+;9-,10-,11?,12-;/m111./s1. The third-order valence-electron chi connectivity index (χ3n) is 16.2. The largest absolute Gasteiger partial charge is 0.117 e.